The van der Waals surface area contributed by atoms with Crippen LogP contribution in [0.1, 0.15) is 129 Å². The lowest BCUT2D eigenvalue weighted by Crippen LogP contribution is -2.53. The number of epoxide rings is 1. The number of aliphatic hydroxyl groups is 1. The number of halogens is 1. The smallest absolute Gasteiger partial charge is 0.409 e. The number of ether oxygens (including phenoxy) is 6. The van der Waals surface area contributed by atoms with Crippen LogP contribution in [-0.2, 0) is 86.3 Å². The molecule has 2 aromatic carbocycles. The summed E-state index contributed by atoms with van der Waals surface area (Å²) in [5.41, 5.74) is 5.41. The molecular formula is C68H92ClN7O18. The summed E-state index contributed by atoms with van der Waals surface area (Å²) in [5.74, 6) is -5.43. The lowest BCUT2D eigenvalue weighted by Gasteiger charge is -2.41. The lowest BCUT2D eigenvalue weighted by molar-refractivity contribution is -0.187. The van der Waals surface area contributed by atoms with E-state index in [1.54, 1.807) is 62.4 Å². The topological polar surface area (TPSA) is 330 Å². The van der Waals surface area contributed by atoms with Gasteiger partial charge in [0.05, 0.1) is 37.8 Å². The highest BCUT2D eigenvalue weighted by Crippen LogP contribution is 2.50. The van der Waals surface area contributed by atoms with E-state index in [2.05, 4.69) is 10.6 Å². The minimum atomic E-state index is -1.66. The van der Waals surface area contributed by atoms with Crippen LogP contribution in [0.3, 0.4) is 0 Å². The Morgan fingerprint density at radius 1 is 0.936 bits per heavy atom. The molecule has 25 nitrogen and oxygen atoms in total. The van der Waals surface area contributed by atoms with Gasteiger partial charge in [-0.05, 0) is 87.6 Å². The Morgan fingerprint density at radius 2 is 1.62 bits per heavy atom. The number of esters is 2. The van der Waals surface area contributed by atoms with E-state index in [9.17, 15) is 57.8 Å². The van der Waals surface area contributed by atoms with Crippen LogP contribution in [-0.4, -0.2) is 188 Å². The number of hydrogen-bond donors (Lipinski definition) is 4. The molecule has 0 aromatic heterocycles. The van der Waals surface area contributed by atoms with Gasteiger partial charge in [0.15, 0.2) is 5.78 Å². The molecule has 0 radical (unpaired) electrons. The third-order valence-corrected chi connectivity index (χ3v) is 18.4. The van der Waals surface area contributed by atoms with Gasteiger partial charge in [0.25, 0.3) is 11.8 Å². The molecule has 1 unspecified atom stereocenters. The van der Waals surface area contributed by atoms with Gasteiger partial charge in [0.1, 0.15) is 58.7 Å². The summed E-state index contributed by atoms with van der Waals surface area (Å²) in [6.45, 7) is 10.6. The number of Topliss-reactive ketones (excluding diaryl/α,β-unsaturated/α-hetero) is 2. The van der Waals surface area contributed by atoms with E-state index in [-0.39, 0.29) is 106 Å². The Kier molecular flexibility index (Phi) is 27.1. The number of benzene rings is 2. The molecule has 10 atom stereocenters. The first-order chi connectivity index (χ1) is 44.4. The fourth-order valence-electron chi connectivity index (χ4n) is 11.8. The van der Waals surface area contributed by atoms with Crippen molar-refractivity contribution < 1.29 is 86.3 Å². The number of methoxy groups -OCH3 is 2. The van der Waals surface area contributed by atoms with Crippen LogP contribution in [0.2, 0.25) is 5.02 Å². The Morgan fingerprint density at radius 3 is 2.27 bits per heavy atom. The molecule has 26 heteroatoms. The summed E-state index contributed by atoms with van der Waals surface area (Å²) in [6.07, 6.45) is 4.80. The summed E-state index contributed by atoms with van der Waals surface area (Å²) in [5, 5.41) is 17.5. The van der Waals surface area contributed by atoms with E-state index in [1.807, 2.05) is 26.8 Å². The summed E-state index contributed by atoms with van der Waals surface area (Å²) < 4.78 is 35.3. The number of allylic oxidation sites excluding steroid dienone is 3. The molecule has 0 spiro atoms. The molecule has 94 heavy (non-hydrogen) atoms. The number of carbonyl (C=O) groups is 11. The predicted molar refractivity (Wildman–Crippen MR) is 346 cm³/mol. The number of likely N-dealkylation sites (N-methyl/N-ethyl adjacent to an activating group) is 1. The molecule has 8 amide bonds. The summed E-state index contributed by atoms with van der Waals surface area (Å²) in [4.78, 5) is 149. The third kappa shape index (κ3) is 20.3. The normalized spacial score (nSPS) is 24.0. The fraction of sp³-hybridized carbons (Fsp3) is 0.574. The van der Waals surface area contributed by atoms with Crippen LogP contribution in [0.5, 0.6) is 5.75 Å². The lowest BCUT2D eigenvalue weighted by atomic mass is 9.78. The maximum Gasteiger partial charge on any atom is 0.409 e. The highest BCUT2D eigenvalue weighted by molar-refractivity contribution is 6.35. The maximum atomic E-state index is 14.5. The molecule has 4 aliphatic heterocycles. The number of nitrogens with two attached hydrogens (primary N) is 1. The number of anilines is 1. The van der Waals surface area contributed by atoms with Crippen molar-refractivity contribution >= 4 is 82.5 Å². The number of imide groups is 1. The van der Waals surface area contributed by atoms with Crippen LogP contribution >= 0.6 is 11.6 Å². The first-order valence-electron chi connectivity index (χ1n) is 31.8. The minimum absolute atomic E-state index is 0.0158. The fourth-order valence-corrected chi connectivity index (χ4v) is 12.2. The molecule has 4 aliphatic rings. The number of nitrogens with one attached hydrogen (secondary N) is 2. The van der Waals surface area contributed by atoms with E-state index in [0.29, 0.717) is 54.7 Å². The van der Waals surface area contributed by atoms with Crippen molar-refractivity contribution in [3.05, 3.63) is 94.1 Å². The van der Waals surface area contributed by atoms with Crippen molar-refractivity contribution in [2.45, 2.75) is 179 Å². The maximum absolute atomic E-state index is 14.5. The van der Waals surface area contributed by atoms with Gasteiger partial charge >= 0.3 is 24.1 Å². The SMILES string of the molecule is COc1cc2cc(c1Cl)N(C)C(=O)C[C@H](OC(=O)[C@H](C)N(C)C(=O)CCN(C)C(=O)OCc1ccc(CC(=O)[C@H](CCCNC(N)=O)NC(=O)C(CC(=O)CCCCCN3C(=O)C=CC3=O)C(C)C)cc1)[C@]1(C)O[C@H]1[C@H](C)[C@@H]1C[C@@](O)(CC(=O)O1)[C@H](OC)/C=C/C=C(\C)C2. The molecular weight excluding hydrogens is 1240 g/mol. The van der Waals surface area contributed by atoms with E-state index >= 15 is 0 Å². The standard InChI is InChI=1S/C68H92ClN7O18/c1-40(2)48(35-47(77)18-13-12-14-29-76-57(80)25-26-58(76)81)63(84)72-49(19-16-28-71-65(70)86)51(78)33-44-21-23-45(24-22-44)39-91-66(87)73(7)30-27-56(79)74(8)43(5)64(85)93-55-36-59(82)75(9)50-32-46(34-52(89-10)61(50)69)31-41(3)17-15-20-54(90-11)68(88)37-53(92-60(83)38-68)42(4)62-67(55,6)94-62/h15,17,20-26,32,34,40,42-43,48-49,53-55,62,88H,12-14,16,18-19,27-31,33,35-39H2,1-11H3,(H,72,84)(H3,70,71,86)/b20-15+,41-17+/t42-,43+,48?,49+,53+,54-,55+,62+,67+,68-/m1/s1. The highest BCUT2D eigenvalue weighted by atomic mass is 35.5. The van der Waals surface area contributed by atoms with E-state index in [0.717, 1.165) is 16.0 Å². The highest BCUT2D eigenvalue weighted by Gasteiger charge is 2.64. The van der Waals surface area contributed by atoms with Gasteiger partial charge in [0.2, 0.25) is 17.7 Å². The van der Waals surface area contributed by atoms with Crippen LogP contribution in [0.15, 0.2) is 72.4 Å². The number of rotatable bonds is 28. The summed E-state index contributed by atoms with van der Waals surface area (Å²) >= 11 is 6.85. The average Bonchev–Trinajstić information content (AvgIpc) is 1.58. The predicted octanol–water partition coefficient (Wildman–Crippen LogP) is 6.18. The zero-order chi connectivity index (χ0) is 69.4. The largest absolute Gasteiger partial charge is 0.495 e. The first kappa shape index (κ1) is 75.0. The average molecular weight is 1330 g/mol. The number of carbonyl (C=O) groups excluding carboxylic acids is 11. The number of unbranched alkanes of at least 4 members (excludes halogenated alkanes) is 2. The van der Waals surface area contributed by atoms with Crippen molar-refractivity contribution in [2.75, 3.05) is 59.9 Å². The molecule has 4 heterocycles. The third-order valence-electron chi connectivity index (χ3n) is 18.0. The molecule has 0 saturated carbocycles. The second-order valence-corrected chi connectivity index (χ2v) is 25.8. The van der Waals surface area contributed by atoms with Crippen LogP contribution in [0.4, 0.5) is 15.3 Å². The Balaban J connectivity index is 1.03. The Bertz CT molecular complexity index is 3210. The van der Waals surface area contributed by atoms with Crippen molar-refractivity contribution in [1.82, 2.24) is 25.3 Å². The molecule has 2 aromatic rings. The molecule has 2 saturated heterocycles. The second-order valence-electron chi connectivity index (χ2n) is 25.5. The van der Waals surface area contributed by atoms with Crippen LogP contribution in [0, 0.1) is 17.8 Å². The zero-order valence-electron chi connectivity index (χ0n) is 55.7. The number of ketones is 2. The second kappa shape index (κ2) is 33.9. The van der Waals surface area contributed by atoms with Crippen LogP contribution < -0.4 is 26.0 Å². The Hall–Kier alpha value is -8.00. The zero-order valence-corrected chi connectivity index (χ0v) is 56.5. The number of fused-ring (bicyclic) bond motifs is 5. The summed E-state index contributed by atoms with van der Waals surface area (Å²) in [6, 6.07) is 7.33. The molecule has 2 fully saturated rings. The van der Waals surface area contributed by atoms with E-state index in [4.69, 9.17) is 45.8 Å². The van der Waals surface area contributed by atoms with Gasteiger partial charge in [-0.2, -0.15) is 0 Å². The molecule has 6 rings (SSSR count). The molecule has 0 aliphatic carbocycles. The Labute approximate surface area is 554 Å². The minimum Gasteiger partial charge on any atom is -0.495 e. The summed E-state index contributed by atoms with van der Waals surface area (Å²) in [7, 11) is 7.28. The van der Waals surface area contributed by atoms with Crippen molar-refractivity contribution in [2.24, 2.45) is 23.5 Å². The van der Waals surface area contributed by atoms with Gasteiger partial charge in [0, 0.05) is 104 Å². The molecule has 4 bridgehead atoms. The van der Waals surface area contributed by atoms with E-state index in [1.165, 1.54) is 69.1 Å². The number of primary amides is 1. The number of hydrogen-bond acceptors (Lipinski definition) is 18. The van der Waals surface area contributed by atoms with Gasteiger partial charge in [-0.1, -0.05) is 86.9 Å². The van der Waals surface area contributed by atoms with Gasteiger partial charge < -0.3 is 64.6 Å². The number of nitrogens with zero attached hydrogens (tertiary/aromatic N) is 4. The monoisotopic (exact) mass is 1330 g/mol. The molecule has 514 valence electrons. The van der Waals surface area contributed by atoms with Gasteiger partial charge in [-0.3, -0.25) is 43.3 Å². The van der Waals surface area contributed by atoms with Crippen molar-refractivity contribution in [3.63, 3.8) is 0 Å². The van der Waals surface area contributed by atoms with Crippen LogP contribution in [0.25, 0.3) is 0 Å². The first-order valence-corrected chi connectivity index (χ1v) is 32.2. The van der Waals surface area contributed by atoms with E-state index < -0.39 is 108 Å². The van der Waals surface area contributed by atoms with Crippen molar-refractivity contribution in [1.29, 1.82) is 0 Å². The van der Waals surface area contributed by atoms with Crippen molar-refractivity contribution in [3.8, 4) is 5.75 Å². The number of amides is 8. The van der Waals surface area contributed by atoms with Gasteiger partial charge in [-0.15, -0.1) is 0 Å². The quantitative estimate of drug-likeness (QED) is 0.0243. The number of urea groups is 1. The molecule has 5 N–H and O–H groups in total. The van der Waals surface area contributed by atoms with Gasteiger partial charge in [-0.25, -0.2) is 14.4 Å².